The molecule has 0 radical (unpaired) electrons. The summed E-state index contributed by atoms with van der Waals surface area (Å²) in [5, 5.41) is 31.9. The molecule has 0 amide bonds. The Morgan fingerprint density at radius 2 is 1.29 bits per heavy atom. The summed E-state index contributed by atoms with van der Waals surface area (Å²) in [5.41, 5.74) is 1.27. The van der Waals surface area contributed by atoms with Crippen molar-refractivity contribution >= 4 is 23.1 Å². The van der Waals surface area contributed by atoms with Crippen LogP contribution in [0, 0.1) is 22.2 Å². The maximum atomic E-state index is 15.2. The zero-order chi connectivity index (χ0) is 36.9. The van der Waals surface area contributed by atoms with E-state index in [0.717, 1.165) is 42.9 Å². The van der Waals surface area contributed by atoms with Gasteiger partial charge in [0.25, 0.3) is 0 Å². The van der Waals surface area contributed by atoms with Crippen molar-refractivity contribution in [2.45, 2.75) is 121 Å². The monoisotopic (exact) mass is 670 g/mol. The van der Waals surface area contributed by atoms with Gasteiger partial charge in [-0.2, -0.15) is 0 Å². The van der Waals surface area contributed by atoms with Gasteiger partial charge >= 0.3 is 0 Å². The molecule has 1 aromatic rings. The van der Waals surface area contributed by atoms with Gasteiger partial charge in [0.2, 0.25) is 0 Å². The third-order valence-electron chi connectivity index (χ3n) is 10.8. The first kappa shape index (κ1) is 39.5. The van der Waals surface area contributed by atoms with Crippen LogP contribution in [0.15, 0.2) is 82.0 Å². The predicted molar refractivity (Wildman–Crippen MR) is 199 cm³/mol. The van der Waals surface area contributed by atoms with E-state index < -0.39 is 50.6 Å². The second kappa shape index (κ2) is 15.7. The van der Waals surface area contributed by atoms with E-state index in [1.807, 2.05) is 46.8 Å². The Kier molecular flexibility index (Phi) is 12.7. The van der Waals surface area contributed by atoms with Crippen molar-refractivity contribution in [3.8, 4) is 11.5 Å². The molecule has 2 fully saturated rings. The standard InChI is InChI=1S/C43H58O6/c1-27(2)13-11-15-30(7)17-19-33-26-42(23-22-31(8)16-12-14-28(3)4)38(47)36(37(46)32-18-20-34(44)35(45)25-32)39(48)43(40(42)49,41(33,9)10)24-21-29(5)6/h13-14,17-18,20-22,25,33,44-46H,11-12,15-16,19,23-24,26H2,1-10H3/b30-17+,31-22+,37-36-. The lowest BCUT2D eigenvalue weighted by atomic mass is 9.38. The van der Waals surface area contributed by atoms with E-state index in [-0.39, 0.29) is 36.5 Å². The molecule has 49 heavy (non-hydrogen) atoms. The fourth-order valence-electron chi connectivity index (χ4n) is 7.52. The van der Waals surface area contributed by atoms with Gasteiger partial charge in [0.05, 0.1) is 5.41 Å². The van der Waals surface area contributed by atoms with Gasteiger partial charge in [0.15, 0.2) is 28.8 Å². The lowest BCUT2D eigenvalue weighted by molar-refractivity contribution is -0.176. The van der Waals surface area contributed by atoms with Crippen LogP contribution in [0.5, 0.6) is 11.5 Å². The maximum absolute atomic E-state index is 15.2. The summed E-state index contributed by atoms with van der Waals surface area (Å²) in [7, 11) is 0. The van der Waals surface area contributed by atoms with Crippen molar-refractivity contribution in [1.29, 1.82) is 0 Å². The number of carbonyl (C=O) groups is 3. The van der Waals surface area contributed by atoms with Gasteiger partial charge in [-0.3, -0.25) is 14.4 Å². The molecule has 3 atom stereocenters. The van der Waals surface area contributed by atoms with E-state index in [1.165, 1.54) is 28.9 Å². The number of carbonyl (C=O) groups excluding carboxylic acids is 3. The van der Waals surface area contributed by atoms with Crippen molar-refractivity contribution in [2.75, 3.05) is 0 Å². The van der Waals surface area contributed by atoms with Gasteiger partial charge in [0, 0.05) is 5.56 Å². The number of phenolic OH excluding ortho intramolecular Hbond substituents is 2. The van der Waals surface area contributed by atoms with Crippen LogP contribution in [0.3, 0.4) is 0 Å². The van der Waals surface area contributed by atoms with E-state index in [4.69, 9.17) is 0 Å². The number of aliphatic hydroxyl groups is 1. The average molecular weight is 671 g/mol. The van der Waals surface area contributed by atoms with Crippen LogP contribution >= 0.6 is 0 Å². The number of phenols is 2. The van der Waals surface area contributed by atoms with E-state index >= 15 is 9.59 Å². The number of ketones is 3. The number of Topliss-reactive ketones (excluding diaryl/α,β-unsaturated/α-hetero) is 3. The summed E-state index contributed by atoms with van der Waals surface area (Å²) < 4.78 is 0. The summed E-state index contributed by atoms with van der Waals surface area (Å²) in [6, 6.07) is 3.68. The van der Waals surface area contributed by atoms with Gasteiger partial charge in [-0.15, -0.1) is 0 Å². The van der Waals surface area contributed by atoms with Gasteiger partial charge in [-0.25, -0.2) is 0 Å². The van der Waals surface area contributed by atoms with Crippen molar-refractivity contribution in [1.82, 2.24) is 0 Å². The highest BCUT2D eigenvalue weighted by Gasteiger charge is 2.73. The topological polar surface area (TPSA) is 112 Å². The summed E-state index contributed by atoms with van der Waals surface area (Å²) in [6.45, 7) is 20.2. The molecule has 2 aliphatic rings. The first-order valence-electron chi connectivity index (χ1n) is 17.6. The Bertz CT molecular complexity index is 1650. The van der Waals surface area contributed by atoms with E-state index in [1.54, 1.807) is 0 Å². The van der Waals surface area contributed by atoms with E-state index in [2.05, 4.69) is 52.8 Å². The quantitative estimate of drug-likeness (QED) is 0.0481. The Labute approximate surface area is 294 Å². The predicted octanol–water partition coefficient (Wildman–Crippen LogP) is 10.6. The molecule has 6 heteroatoms. The smallest absolute Gasteiger partial charge is 0.184 e. The van der Waals surface area contributed by atoms with Crippen LogP contribution < -0.4 is 0 Å². The molecule has 0 aliphatic heterocycles. The van der Waals surface area contributed by atoms with Crippen LogP contribution in [-0.2, 0) is 14.4 Å². The van der Waals surface area contributed by atoms with Crippen molar-refractivity contribution in [2.24, 2.45) is 22.2 Å². The second-order valence-electron chi connectivity index (χ2n) is 15.7. The Balaban J connectivity index is 2.32. The molecule has 266 valence electrons. The molecule has 2 bridgehead atoms. The minimum Gasteiger partial charge on any atom is -0.506 e. The fourth-order valence-corrected chi connectivity index (χ4v) is 7.52. The number of aliphatic hydroxyl groups excluding tert-OH is 1. The summed E-state index contributed by atoms with van der Waals surface area (Å²) in [5.74, 6) is -3.36. The van der Waals surface area contributed by atoms with Gasteiger partial charge < -0.3 is 15.3 Å². The first-order chi connectivity index (χ1) is 22.8. The molecular formula is C43H58O6. The van der Waals surface area contributed by atoms with Crippen LogP contribution in [0.25, 0.3) is 5.76 Å². The second-order valence-corrected chi connectivity index (χ2v) is 15.7. The van der Waals surface area contributed by atoms with Gasteiger partial charge in [-0.1, -0.05) is 72.1 Å². The lowest BCUT2D eigenvalue weighted by Gasteiger charge is -2.60. The Morgan fingerprint density at radius 1 is 0.735 bits per heavy atom. The van der Waals surface area contributed by atoms with Crippen LogP contribution in [-0.4, -0.2) is 32.7 Å². The molecule has 2 aliphatic carbocycles. The minimum atomic E-state index is -1.61. The number of aromatic hydroxyl groups is 2. The lowest BCUT2D eigenvalue weighted by Crippen LogP contribution is -2.69. The van der Waals surface area contributed by atoms with E-state index in [9.17, 15) is 20.1 Å². The van der Waals surface area contributed by atoms with Crippen molar-refractivity contribution < 1.29 is 29.7 Å². The van der Waals surface area contributed by atoms with Gasteiger partial charge in [0.1, 0.15) is 16.7 Å². The third-order valence-corrected chi connectivity index (χ3v) is 10.8. The summed E-state index contributed by atoms with van der Waals surface area (Å²) in [6.07, 6.45) is 15.0. The average Bonchev–Trinajstić information content (AvgIpc) is 3.00. The maximum Gasteiger partial charge on any atom is 0.184 e. The molecule has 0 aromatic heterocycles. The number of allylic oxidation sites excluding steroid dienone is 11. The molecule has 3 N–H and O–H groups in total. The number of benzene rings is 1. The first-order valence-corrected chi connectivity index (χ1v) is 17.6. The molecule has 2 saturated carbocycles. The number of hydrogen-bond acceptors (Lipinski definition) is 6. The highest BCUT2D eigenvalue weighted by molar-refractivity contribution is 6.41. The van der Waals surface area contributed by atoms with E-state index in [0.29, 0.717) is 6.42 Å². The molecule has 0 spiro atoms. The molecule has 0 heterocycles. The number of fused-ring (bicyclic) bond motifs is 2. The molecule has 3 rings (SSSR count). The summed E-state index contributed by atoms with van der Waals surface area (Å²) >= 11 is 0. The zero-order valence-electron chi connectivity index (χ0n) is 31.4. The molecule has 1 aromatic carbocycles. The normalized spacial score (nSPS) is 24.8. The SMILES string of the molecule is CC(C)=CCC/C(C)=C/CC1CC2(C/C=C(\C)CCC=C(C)C)C(=O)/C(=C(/O)c3ccc(O)c(O)c3)C(=O)C(CC=C(C)C)(C2=O)C1(C)C. The van der Waals surface area contributed by atoms with Crippen LogP contribution in [0.2, 0.25) is 0 Å². The van der Waals surface area contributed by atoms with Crippen molar-refractivity contribution in [3.63, 3.8) is 0 Å². The fraction of sp³-hybridized carbons (Fsp3) is 0.512. The molecule has 6 nitrogen and oxygen atoms in total. The summed E-state index contributed by atoms with van der Waals surface area (Å²) in [4.78, 5) is 45.1. The van der Waals surface area contributed by atoms with Crippen LogP contribution in [0.4, 0.5) is 0 Å². The van der Waals surface area contributed by atoms with Gasteiger partial charge in [-0.05, 0) is 136 Å². The molecular weight excluding hydrogens is 612 g/mol. The third kappa shape index (κ3) is 8.11. The molecule has 0 saturated heterocycles. The largest absolute Gasteiger partial charge is 0.506 e. The van der Waals surface area contributed by atoms with Crippen LogP contribution in [0.1, 0.15) is 126 Å². The highest BCUT2D eigenvalue weighted by atomic mass is 16.3. The number of rotatable bonds is 13. The Hall–Kier alpha value is -3.93. The molecule has 3 unspecified atom stereocenters. The zero-order valence-corrected chi connectivity index (χ0v) is 31.4. The minimum absolute atomic E-state index is 0.0182. The number of hydrogen-bond donors (Lipinski definition) is 3. The van der Waals surface area contributed by atoms with Crippen molar-refractivity contribution in [3.05, 3.63) is 87.6 Å². The highest BCUT2D eigenvalue weighted by Crippen LogP contribution is 2.65. The Morgan fingerprint density at radius 3 is 1.82 bits per heavy atom.